The second-order valence-electron chi connectivity index (χ2n) is 9.91. The van der Waals surface area contributed by atoms with Gasteiger partial charge in [-0.1, -0.05) is 0 Å². The Labute approximate surface area is 188 Å². The van der Waals surface area contributed by atoms with Crippen LogP contribution in [0.4, 0.5) is 4.79 Å². The van der Waals surface area contributed by atoms with Crippen LogP contribution in [0.5, 0.6) is 0 Å². The third-order valence-electron chi connectivity index (χ3n) is 4.82. The van der Waals surface area contributed by atoms with Crippen LogP contribution < -0.4 is 16.0 Å². The molecular formula is C22H44N6O3. The van der Waals surface area contributed by atoms with Gasteiger partial charge in [0.15, 0.2) is 5.96 Å². The third kappa shape index (κ3) is 10.7. The zero-order valence-corrected chi connectivity index (χ0v) is 20.8. The number of nitrogens with one attached hydrogen (secondary N) is 3. The molecule has 0 spiro atoms. The maximum absolute atomic E-state index is 12.3. The molecule has 0 bridgehead atoms. The van der Waals surface area contributed by atoms with Gasteiger partial charge in [0, 0.05) is 33.7 Å². The number of likely N-dealkylation sites (N-methyl/N-ethyl adjacent to an activating group) is 1. The second-order valence-corrected chi connectivity index (χ2v) is 9.91. The number of amides is 2. The minimum absolute atomic E-state index is 0.0108. The van der Waals surface area contributed by atoms with E-state index in [2.05, 4.69) is 25.8 Å². The summed E-state index contributed by atoms with van der Waals surface area (Å²) in [5.74, 6) is 0.906. The number of guanidine groups is 1. The van der Waals surface area contributed by atoms with Crippen molar-refractivity contribution in [2.75, 3.05) is 46.8 Å². The van der Waals surface area contributed by atoms with E-state index in [1.165, 1.54) is 0 Å². The summed E-state index contributed by atoms with van der Waals surface area (Å²) in [4.78, 5) is 33.0. The fourth-order valence-electron chi connectivity index (χ4n) is 3.40. The predicted molar refractivity (Wildman–Crippen MR) is 125 cm³/mol. The van der Waals surface area contributed by atoms with E-state index in [1.54, 1.807) is 4.90 Å². The average molecular weight is 441 g/mol. The first-order chi connectivity index (χ1) is 14.3. The first-order valence-electron chi connectivity index (χ1n) is 11.3. The Morgan fingerprint density at radius 1 is 1.16 bits per heavy atom. The van der Waals surface area contributed by atoms with Crippen molar-refractivity contribution < 1.29 is 14.3 Å². The van der Waals surface area contributed by atoms with Gasteiger partial charge in [0.1, 0.15) is 5.60 Å². The molecule has 1 fully saturated rings. The molecule has 1 saturated heterocycles. The van der Waals surface area contributed by atoms with Crippen LogP contribution in [-0.4, -0.2) is 91.8 Å². The predicted octanol–water partition coefficient (Wildman–Crippen LogP) is 1.79. The Hall–Kier alpha value is -2.03. The van der Waals surface area contributed by atoms with Crippen LogP contribution in [0.2, 0.25) is 0 Å². The molecule has 0 saturated carbocycles. The van der Waals surface area contributed by atoms with Gasteiger partial charge in [-0.3, -0.25) is 14.7 Å². The molecule has 0 aliphatic carbocycles. The highest BCUT2D eigenvalue weighted by molar-refractivity contribution is 5.81. The lowest BCUT2D eigenvalue weighted by Crippen LogP contribution is -2.49. The molecule has 1 aliphatic heterocycles. The molecule has 1 unspecified atom stereocenters. The minimum atomic E-state index is -0.542. The fourth-order valence-corrected chi connectivity index (χ4v) is 3.40. The lowest BCUT2D eigenvalue weighted by molar-refractivity contribution is -0.133. The molecule has 0 aromatic heterocycles. The lowest BCUT2D eigenvalue weighted by Gasteiger charge is -2.28. The van der Waals surface area contributed by atoms with Crippen molar-refractivity contribution in [3.05, 3.63) is 0 Å². The first kappa shape index (κ1) is 27.0. The van der Waals surface area contributed by atoms with E-state index in [0.717, 1.165) is 45.4 Å². The van der Waals surface area contributed by atoms with Crippen LogP contribution in [-0.2, 0) is 9.53 Å². The van der Waals surface area contributed by atoms with Crippen molar-refractivity contribution in [1.29, 1.82) is 0 Å². The van der Waals surface area contributed by atoms with Crippen LogP contribution >= 0.6 is 0 Å². The molecule has 9 heteroatoms. The Morgan fingerprint density at radius 2 is 1.84 bits per heavy atom. The van der Waals surface area contributed by atoms with E-state index < -0.39 is 17.2 Å². The van der Waals surface area contributed by atoms with Gasteiger partial charge in [0.2, 0.25) is 5.91 Å². The second kappa shape index (κ2) is 12.1. The Kier molecular flexibility index (Phi) is 10.6. The van der Waals surface area contributed by atoms with E-state index in [4.69, 9.17) is 4.74 Å². The number of alkyl carbamates (subject to hydrolysis) is 1. The number of carbonyl (C=O) groups is 2. The number of carbonyl (C=O) groups excluding carboxylic acids is 2. The molecule has 0 aromatic carbocycles. The van der Waals surface area contributed by atoms with E-state index in [9.17, 15) is 9.59 Å². The number of rotatable bonds is 9. The Bertz CT molecular complexity index is 613. The number of likely N-dealkylation sites (tertiary alicyclic amines) is 1. The Balaban J connectivity index is 2.50. The van der Waals surface area contributed by atoms with Crippen LogP contribution in [0.3, 0.4) is 0 Å². The van der Waals surface area contributed by atoms with E-state index in [0.29, 0.717) is 12.5 Å². The van der Waals surface area contributed by atoms with Gasteiger partial charge in [0.05, 0.1) is 18.1 Å². The zero-order chi connectivity index (χ0) is 23.7. The number of hydrogen-bond donors (Lipinski definition) is 3. The standard InChI is InChI=1S/C22H44N6O3/c1-9-23-19(25-16-22(5,6)26-20(30)31-21(2,3)4)24-13-11-15-28-14-10-12-17(28)18(29)27(7)8/h17H,9-16H2,1-8H3,(H,26,30)(H2,23,24,25). The molecule has 0 radical (unpaired) electrons. The SMILES string of the molecule is CCNC(=NCC(C)(C)NC(=O)OC(C)(C)C)NCCCN1CCCC1C(=O)N(C)C. The highest BCUT2D eigenvalue weighted by Gasteiger charge is 2.31. The quantitative estimate of drug-likeness (QED) is 0.287. The summed E-state index contributed by atoms with van der Waals surface area (Å²) < 4.78 is 5.33. The van der Waals surface area contributed by atoms with Crippen molar-refractivity contribution in [3.8, 4) is 0 Å². The van der Waals surface area contributed by atoms with Crippen molar-refractivity contribution >= 4 is 18.0 Å². The number of ether oxygens (including phenoxy) is 1. The maximum Gasteiger partial charge on any atom is 0.408 e. The number of nitrogens with zero attached hydrogens (tertiary/aromatic N) is 3. The molecular weight excluding hydrogens is 396 g/mol. The van der Waals surface area contributed by atoms with Gasteiger partial charge in [-0.05, 0) is 67.3 Å². The summed E-state index contributed by atoms with van der Waals surface area (Å²) in [6.45, 7) is 15.1. The molecule has 1 aliphatic rings. The van der Waals surface area contributed by atoms with Crippen molar-refractivity contribution in [1.82, 2.24) is 25.8 Å². The molecule has 180 valence electrons. The number of aliphatic imine (C=N–C) groups is 1. The molecule has 31 heavy (non-hydrogen) atoms. The average Bonchev–Trinajstić information content (AvgIpc) is 3.08. The number of hydrogen-bond acceptors (Lipinski definition) is 5. The smallest absolute Gasteiger partial charge is 0.408 e. The summed E-state index contributed by atoms with van der Waals surface area (Å²) in [6, 6.07) is 0.0108. The first-order valence-corrected chi connectivity index (χ1v) is 11.3. The van der Waals surface area contributed by atoms with Crippen LogP contribution in [0.15, 0.2) is 4.99 Å². The maximum atomic E-state index is 12.3. The van der Waals surface area contributed by atoms with E-state index >= 15 is 0 Å². The summed E-state index contributed by atoms with van der Waals surface area (Å²) >= 11 is 0. The highest BCUT2D eigenvalue weighted by Crippen LogP contribution is 2.18. The molecule has 3 N–H and O–H groups in total. The van der Waals surface area contributed by atoms with E-state index in [-0.39, 0.29) is 11.9 Å². The summed E-state index contributed by atoms with van der Waals surface area (Å²) in [7, 11) is 3.64. The summed E-state index contributed by atoms with van der Waals surface area (Å²) in [6.07, 6.45) is 2.48. The Morgan fingerprint density at radius 3 is 2.42 bits per heavy atom. The molecule has 1 atom stereocenters. The third-order valence-corrected chi connectivity index (χ3v) is 4.82. The summed E-state index contributed by atoms with van der Waals surface area (Å²) in [5.41, 5.74) is -1.08. The van der Waals surface area contributed by atoms with Gasteiger partial charge < -0.3 is 25.6 Å². The van der Waals surface area contributed by atoms with Crippen LogP contribution in [0.25, 0.3) is 0 Å². The molecule has 0 aromatic rings. The van der Waals surface area contributed by atoms with Crippen molar-refractivity contribution in [3.63, 3.8) is 0 Å². The van der Waals surface area contributed by atoms with Gasteiger partial charge in [-0.15, -0.1) is 0 Å². The topological polar surface area (TPSA) is 98.3 Å². The highest BCUT2D eigenvalue weighted by atomic mass is 16.6. The van der Waals surface area contributed by atoms with Gasteiger partial charge in [-0.2, -0.15) is 0 Å². The lowest BCUT2D eigenvalue weighted by atomic mass is 10.1. The molecule has 1 rings (SSSR count). The normalized spacial score (nSPS) is 17.9. The monoisotopic (exact) mass is 440 g/mol. The fraction of sp³-hybridized carbons (Fsp3) is 0.864. The minimum Gasteiger partial charge on any atom is -0.444 e. The molecule has 9 nitrogen and oxygen atoms in total. The molecule has 1 heterocycles. The van der Waals surface area contributed by atoms with E-state index in [1.807, 2.05) is 55.6 Å². The van der Waals surface area contributed by atoms with Crippen LogP contribution in [0, 0.1) is 0 Å². The molecule has 2 amide bonds. The van der Waals surface area contributed by atoms with Gasteiger partial charge in [-0.25, -0.2) is 4.79 Å². The summed E-state index contributed by atoms with van der Waals surface area (Å²) in [5, 5.41) is 9.46. The zero-order valence-electron chi connectivity index (χ0n) is 20.8. The van der Waals surface area contributed by atoms with Crippen molar-refractivity contribution in [2.24, 2.45) is 4.99 Å². The van der Waals surface area contributed by atoms with Gasteiger partial charge >= 0.3 is 6.09 Å². The van der Waals surface area contributed by atoms with Crippen LogP contribution in [0.1, 0.15) is 60.8 Å². The van der Waals surface area contributed by atoms with Crippen molar-refractivity contribution in [2.45, 2.75) is 78.0 Å². The largest absolute Gasteiger partial charge is 0.444 e. The van der Waals surface area contributed by atoms with Gasteiger partial charge in [0.25, 0.3) is 0 Å².